The van der Waals surface area contributed by atoms with Crippen LogP contribution in [-0.2, 0) is 9.53 Å². The maximum atomic E-state index is 12.0. The SMILES string of the molecule is COCC(NC(=O)c1csc(-c2ccc(C)o2)n1)C(=O)O. The zero-order chi connectivity index (χ0) is 15.4. The lowest BCUT2D eigenvalue weighted by molar-refractivity contribution is -0.140. The average molecular weight is 310 g/mol. The third-order valence-corrected chi connectivity index (χ3v) is 3.48. The first-order valence-corrected chi connectivity index (χ1v) is 6.94. The number of carbonyl (C=O) groups is 2. The van der Waals surface area contributed by atoms with Crippen molar-refractivity contribution in [2.45, 2.75) is 13.0 Å². The highest BCUT2D eigenvalue weighted by atomic mass is 32.1. The summed E-state index contributed by atoms with van der Waals surface area (Å²) < 4.78 is 10.2. The molecule has 1 amide bonds. The molecule has 2 heterocycles. The number of amides is 1. The Balaban J connectivity index is 2.10. The molecule has 7 nitrogen and oxygen atoms in total. The number of nitrogens with one attached hydrogen (secondary N) is 1. The van der Waals surface area contributed by atoms with Crippen molar-refractivity contribution in [3.05, 3.63) is 29.0 Å². The Bertz CT molecular complexity index is 649. The molecule has 2 aromatic rings. The lowest BCUT2D eigenvalue weighted by atomic mass is 10.3. The minimum atomic E-state index is -1.16. The van der Waals surface area contributed by atoms with E-state index in [4.69, 9.17) is 14.3 Å². The first-order valence-electron chi connectivity index (χ1n) is 6.06. The molecule has 0 fully saturated rings. The van der Waals surface area contributed by atoms with Gasteiger partial charge in [0, 0.05) is 12.5 Å². The van der Waals surface area contributed by atoms with Crippen LogP contribution in [0.1, 0.15) is 16.2 Å². The predicted molar refractivity (Wildman–Crippen MR) is 75.3 cm³/mol. The highest BCUT2D eigenvalue weighted by Gasteiger charge is 2.22. The number of carboxylic acids is 1. The van der Waals surface area contributed by atoms with Gasteiger partial charge in [-0.25, -0.2) is 9.78 Å². The molecule has 0 aliphatic rings. The van der Waals surface area contributed by atoms with Crippen molar-refractivity contribution in [1.29, 1.82) is 0 Å². The summed E-state index contributed by atoms with van der Waals surface area (Å²) in [6.07, 6.45) is 0. The van der Waals surface area contributed by atoms with Gasteiger partial charge in [-0.1, -0.05) is 0 Å². The molecule has 1 atom stereocenters. The number of aliphatic carboxylic acids is 1. The second-order valence-corrected chi connectivity index (χ2v) is 5.13. The number of carboxylic acid groups (broad SMARTS) is 1. The van der Waals surface area contributed by atoms with Crippen molar-refractivity contribution in [2.75, 3.05) is 13.7 Å². The van der Waals surface area contributed by atoms with Gasteiger partial charge < -0.3 is 19.6 Å². The number of thiazole rings is 1. The highest BCUT2D eigenvalue weighted by molar-refractivity contribution is 7.13. The summed E-state index contributed by atoms with van der Waals surface area (Å²) in [5, 5.41) is 13.4. The van der Waals surface area contributed by atoms with E-state index in [0.29, 0.717) is 10.8 Å². The first-order chi connectivity index (χ1) is 10.0. The summed E-state index contributed by atoms with van der Waals surface area (Å²) in [5.74, 6) is -0.409. The van der Waals surface area contributed by atoms with Gasteiger partial charge in [0.15, 0.2) is 16.8 Å². The Morgan fingerprint density at radius 2 is 2.29 bits per heavy atom. The van der Waals surface area contributed by atoms with Crippen molar-refractivity contribution in [1.82, 2.24) is 10.3 Å². The maximum absolute atomic E-state index is 12.0. The summed E-state index contributed by atoms with van der Waals surface area (Å²) in [7, 11) is 1.36. The number of aromatic nitrogens is 1. The van der Waals surface area contributed by atoms with Gasteiger partial charge in [0.1, 0.15) is 11.5 Å². The van der Waals surface area contributed by atoms with E-state index in [1.807, 2.05) is 6.92 Å². The molecule has 0 saturated heterocycles. The fourth-order valence-corrected chi connectivity index (χ4v) is 2.37. The molecule has 21 heavy (non-hydrogen) atoms. The van der Waals surface area contributed by atoms with Crippen molar-refractivity contribution in [3.63, 3.8) is 0 Å². The van der Waals surface area contributed by atoms with Gasteiger partial charge in [0.2, 0.25) is 0 Å². The lowest BCUT2D eigenvalue weighted by Gasteiger charge is -2.12. The van der Waals surface area contributed by atoms with Crippen molar-refractivity contribution < 1.29 is 23.8 Å². The zero-order valence-electron chi connectivity index (χ0n) is 11.5. The van der Waals surface area contributed by atoms with Gasteiger partial charge in [-0.15, -0.1) is 11.3 Å². The molecule has 2 N–H and O–H groups in total. The van der Waals surface area contributed by atoms with Gasteiger partial charge in [-0.2, -0.15) is 0 Å². The number of rotatable bonds is 6. The molecule has 0 radical (unpaired) electrons. The summed E-state index contributed by atoms with van der Waals surface area (Å²) in [6.45, 7) is 1.70. The summed E-state index contributed by atoms with van der Waals surface area (Å²) in [5.41, 5.74) is 0.145. The largest absolute Gasteiger partial charge is 0.480 e. The minimum Gasteiger partial charge on any atom is -0.480 e. The number of carbonyl (C=O) groups excluding carboxylic acids is 1. The molecule has 0 aliphatic carbocycles. The second-order valence-electron chi connectivity index (χ2n) is 4.27. The van der Waals surface area contributed by atoms with Gasteiger partial charge >= 0.3 is 5.97 Å². The van der Waals surface area contributed by atoms with Crippen LogP contribution in [-0.4, -0.2) is 41.7 Å². The minimum absolute atomic E-state index is 0.116. The topological polar surface area (TPSA) is 102 Å². The molecule has 2 rings (SSSR count). The second kappa shape index (κ2) is 6.51. The van der Waals surface area contributed by atoms with Crippen LogP contribution in [0.3, 0.4) is 0 Å². The number of ether oxygens (including phenoxy) is 1. The van der Waals surface area contributed by atoms with Crippen LogP contribution in [0.15, 0.2) is 21.9 Å². The maximum Gasteiger partial charge on any atom is 0.328 e. The van der Waals surface area contributed by atoms with Crippen LogP contribution in [0.25, 0.3) is 10.8 Å². The Morgan fingerprint density at radius 3 is 2.86 bits per heavy atom. The average Bonchev–Trinajstić information content (AvgIpc) is 3.06. The fraction of sp³-hybridized carbons (Fsp3) is 0.308. The number of nitrogens with zero attached hydrogens (tertiary/aromatic N) is 1. The highest BCUT2D eigenvalue weighted by Crippen LogP contribution is 2.25. The monoisotopic (exact) mass is 310 g/mol. The van der Waals surface area contributed by atoms with Crippen molar-refractivity contribution in [3.8, 4) is 10.8 Å². The van der Waals surface area contributed by atoms with Crippen LogP contribution >= 0.6 is 11.3 Å². The molecule has 8 heteroatoms. The van der Waals surface area contributed by atoms with Gasteiger partial charge in [0.25, 0.3) is 5.91 Å². The van der Waals surface area contributed by atoms with E-state index in [-0.39, 0.29) is 12.3 Å². The third-order valence-electron chi connectivity index (χ3n) is 2.62. The van der Waals surface area contributed by atoms with Crippen LogP contribution < -0.4 is 5.32 Å². The van der Waals surface area contributed by atoms with E-state index in [9.17, 15) is 9.59 Å². The molecule has 1 unspecified atom stereocenters. The fourth-order valence-electron chi connectivity index (χ4n) is 1.61. The van der Waals surface area contributed by atoms with E-state index >= 15 is 0 Å². The Hall–Kier alpha value is -2.19. The Morgan fingerprint density at radius 1 is 1.52 bits per heavy atom. The molecule has 0 aliphatic heterocycles. The zero-order valence-corrected chi connectivity index (χ0v) is 12.3. The number of furan rings is 1. The normalized spacial score (nSPS) is 12.1. The third kappa shape index (κ3) is 3.67. The number of aryl methyl sites for hydroxylation is 1. The van der Waals surface area contributed by atoms with E-state index in [0.717, 1.165) is 5.76 Å². The lowest BCUT2D eigenvalue weighted by Crippen LogP contribution is -2.43. The molecule has 112 valence electrons. The van der Waals surface area contributed by atoms with Crippen LogP contribution in [0, 0.1) is 6.92 Å². The predicted octanol–water partition coefficient (Wildman–Crippen LogP) is 1.54. The number of hydrogen-bond acceptors (Lipinski definition) is 6. The molecular formula is C13H14N2O5S. The number of methoxy groups -OCH3 is 1. The molecule has 2 aromatic heterocycles. The molecular weight excluding hydrogens is 296 g/mol. The van der Waals surface area contributed by atoms with Crippen molar-refractivity contribution >= 4 is 23.2 Å². The van der Waals surface area contributed by atoms with Crippen LogP contribution in [0.4, 0.5) is 0 Å². The van der Waals surface area contributed by atoms with E-state index in [2.05, 4.69) is 10.3 Å². The van der Waals surface area contributed by atoms with Crippen LogP contribution in [0.2, 0.25) is 0 Å². The Labute approximate surface area is 124 Å². The summed E-state index contributed by atoms with van der Waals surface area (Å²) in [4.78, 5) is 27.1. The Kier molecular flexibility index (Phi) is 4.71. The molecule has 0 spiro atoms. The quantitative estimate of drug-likeness (QED) is 0.839. The first kappa shape index (κ1) is 15.2. The molecule has 0 saturated carbocycles. The van der Waals surface area contributed by atoms with Gasteiger partial charge in [-0.3, -0.25) is 4.79 Å². The number of hydrogen-bond donors (Lipinski definition) is 2. The van der Waals surface area contributed by atoms with E-state index < -0.39 is 17.9 Å². The van der Waals surface area contributed by atoms with Crippen LogP contribution in [0.5, 0.6) is 0 Å². The standard InChI is InChI=1S/C13H14N2O5S/c1-7-3-4-10(20-7)12-15-9(6-21-12)11(16)14-8(5-19-2)13(17)18/h3-4,6,8H,5H2,1-2H3,(H,14,16)(H,17,18). The smallest absolute Gasteiger partial charge is 0.328 e. The van der Waals surface area contributed by atoms with Gasteiger partial charge in [-0.05, 0) is 19.1 Å². The summed E-state index contributed by atoms with van der Waals surface area (Å²) >= 11 is 1.25. The molecule has 0 aromatic carbocycles. The van der Waals surface area contributed by atoms with E-state index in [1.165, 1.54) is 18.4 Å². The molecule has 0 bridgehead atoms. The van der Waals surface area contributed by atoms with Crippen molar-refractivity contribution in [2.24, 2.45) is 0 Å². The van der Waals surface area contributed by atoms with Gasteiger partial charge in [0.05, 0.1) is 6.61 Å². The van der Waals surface area contributed by atoms with E-state index in [1.54, 1.807) is 17.5 Å². The summed E-state index contributed by atoms with van der Waals surface area (Å²) in [6, 6.07) is 2.45.